The van der Waals surface area contributed by atoms with Gasteiger partial charge >= 0.3 is 0 Å². The molecule has 0 saturated carbocycles. The van der Waals surface area contributed by atoms with E-state index in [-0.39, 0.29) is 5.91 Å². The van der Waals surface area contributed by atoms with Crippen molar-refractivity contribution in [2.24, 2.45) is 5.92 Å². The summed E-state index contributed by atoms with van der Waals surface area (Å²) >= 11 is 1.18. The van der Waals surface area contributed by atoms with E-state index in [2.05, 4.69) is 44.3 Å². The molecule has 1 fully saturated rings. The summed E-state index contributed by atoms with van der Waals surface area (Å²) in [6.07, 6.45) is 3.98. The third-order valence-electron chi connectivity index (χ3n) is 6.09. The predicted octanol–water partition coefficient (Wildman–Crippen LogP) is 4.21. The van der Waals surface area contributed by atoms with Gasteiger partial charge in [0.05, 0.1) is 29.1 Å². The van der Waals surface area contributed by atoms with Crippen LogP contribution in [0, 0.1) is 19.8 Å². The fraction of sp³-hybridized carbons (Fsp3) is 0.364. The number of aromatic nitrogens is 4. The molecule has 0 atom stereocenters. The molecule has 4 aromatic rings. The van der Waals surface area contributed by atoms with Crippen LogP contribution in [-0.2, 0) is 6.54 Å². The van der Waals surface area contributed by atoms with Gasteiger partial charge in [-0.3, -0.25) is 4.79 Å². The van der Waals surface area contributed by atoms with Crippen LogP contribution >= 0.6 is 11.7 Å². The lowest BCUT2D eigenvalue weighted by atomic mass is 9.96. The molecule has 29 heavy (non-hydrogen) atoms. The highest BCUT2D eigenvalue weighted by atomic mass is 32.1. The van der Waals surface area contributed by atoms with E-state index in [9.17, 15) is 4.79 Å². The molecule has 1 aliphatic rings. The van der Waals surface area contributed by atoms with Crippen molar-refractivity contribution < 1.29 is 4.79 Å². The monoisotopic (exact) mass is 405 g/mol. The number of carbonyl (C=O) groups is 1. The van der Waals surface area contributed by atoms with E-state index in [4.69, 9.17) is 0 Å². The third-order valence-corrected chi connectivity index (χ3v) is 6.65. The lowest BCUT2D eigenvalue weighted by Gasteiger charge is -2.32. The summed E-state index contributed by atoms with van der Waals surface area (Å²) in [4.78, 5) is 19.4. The highest BCUT2D eigenvalue weighted by Crippen LogP contribution is 2.25. The van der Waals surface area contributed by atoms with Crippen molar-refractivity contribution in [2.75, 3.05) is 13.1 Å². The molecule has 1 saturated heterocycles. The molecular formula is C22H23N5OS. The van der Waals surface area contributed by atoms with Crippen LogP contribution < -0.4 is 0 Å². The zero-order valence-corrected chi connectivity index (χ0v) is 17.4. The first kappa shape index (κ1) is 18.2. The smallest absolute Gasteiger partial charge is 0.253 e. The van der Waals surface area contributed by atoms with Gasteiger partial charge in [0.2, 0.25) is 0 Å². The van der Waals surface area contributed by atoms with E-state index in [0.29, 0.717) is 11.5 Å². The van der Waals surface area contributed by atoms with Crippen LogP contribution in [-0.4, -0.2) is 42.2 Å². The molecule has 0 spiro atoms. The number of imidazole rings is 1. The Morgan fingerprint density at radius 3 is 2.62 bits per heavy atom. The van der Waals surface area contributed by atoms with Gasteiger partial charge in [-0.25, -0.2) is 4.98 Å². The average Bonchev–Trinajstić information content (AvgIpc) is 3.35. The number of amides is 1. The maximum atomic E-state index is 12.9. The zero-order chi connectivity index (χ0) is 20.0. The van der Waals surface area contributed by atoms with Crippen LogP contribution in [0.4, 0.5) is 0 Å². The van der Waals surface area contributed by atoms with Crippen LogP contribution in [0.2, 0.25) is 0 Å². The van der Waals surface area contributed by atoms with E-state index < -0.39 is 0 Å². The van der Waals surface area contributed by atoms with Crippen molar-refractivity contribution in [3.63, 3.8) is 0 Å². The minimum Gasteiger partial charge on any atom is -0.339 e. The minimum atomic E-state index is 0.0949. The van der Waals surface area contributed by atoms with Crippen LogP contribution in [0.25, 0.3) is 22.1 Å². The number of benzene rings is 2. The van der Waals surface area contributed by atoms with Crippen LogP contribution in [0.5, 0.6) is 0 Å². The molecule has 1 amide bonds. The Morgan fingerprint density at radius 1 is 1.03 bits per heavy atom. The number of hydrogen-bond acceptors (Lipinski definition) is 5. The summed E-state index contributed by atoms with van der Waals surface area (Å²) in [7, 11) is 0. The summed E-state index contributed by atoms with van der Waals surface area (Å²) in [5, 5.41) is 0. The molecule has 3 heterocycles. The highest BCUT2D eigenvalue weighted by molar-refractivity contribution is 7.00. The number of rotatable bonds is 3. The Labute approximate surface area is 173 Å². The molecule has 0 unspecified atom stereocenters. The standard InChI is InChI=1S/C22H23N5OS/c1-14-9-20-21(10-15(14)2)27(13-23-20)12-16-5-7-26(8-6-16)22(28)17-3-4-18-19(11-17)25-29-24-18/h3-4,9-11,13,16H,5-8,12H2,1-2H3. The largest absolute Gasteiger partial charge is 0.339 e. The van der Waals surface area contributed by atoms with Crippen molar-refractivity contribution in [2.45, 2.75) is 33.2 Å². The van der Waals surface area contributed by atoms with Crippen molar-refractivity contribution in [1.82, 2.24) is 23.2 Å². The normalized spacial score (nSPS) is 15.4. The van der Waals surface area contributed by atoms with Crippen LogP contribution in [0.15, 0.2) is 36.7 Å². The first-order valence-electron chi connectivity index (χ1n) is 10.0. The zero-order valence-electron chi connectivity index (χ0n) is 16.6. The first-order chi connectivity index (χ1) is 14.1. The van der Waals surface area contributed by atoms with E-state index in [0.717, 1.165) is 49.0 Å². The van der Waals surface area contributed by atoms with Gasteiger partial charge in [0.25, 0.3) is 5.91 Å². The molecule has 0 aliphatic carbocycles. The maximum absolute atomic E-state index is 12.9. The number of likely N-dealkylation sites (tertiary alicyclic amines) is 1. The van der Waals surface area contributed by atoms with Gasteiger partial charge in [0, 0.05) is 25.2 Å². The number of nitrogens with zero attached hydrogens (tertiary/aromatic N) is 5. The van der Waals surface area contributed by atoms with Crippen molar-refractivity contribution >= 4 is 39.7 Å². The topological polar surface area (TPSA) is 63.9 Å². The van der Waals surface area contributed by atoms with Crippen LogP contribution in [0.1, 0.15) is 34.3 Å². The lowest BCUT2D eigenvalue weighted by molar-refractivity contribution is 0.0683. The number of aryl methyl sites for hydroxylation is 2. The second-order valence-electron chi connectivity index (χ2n) is 8.03. The maximum Gasteiger partial charge on any atom is 0.253 e. The SMILES string of the molecule is Cc1cc2ncn(CC3CCN(C(=O)c4ccc5nsnc5c4)CC3)c2cc1C. The van der Waals surface area contributed by atoms with Gasteiger partial charge in [-0.2, -0.15) is 8.75 Å². The molecule has 0 N–H and O–H groups in total. The predicted molar refractivity (Wildman–Crippen MR) is 115 cm³/mol. The number of piperidine rings is 1. The Balaban J connectivity index is 1.25. The molecular weight excluding hydrogens is 382 g/mol. The van der Waals surface area contributed by atoms with Crippen molar-refractivity contribution in [1.29, 1.82) is 0 Å². The van der Waals surface area contributed by atoms with Gasteiger partial charge < -0.3 is 9.47 Å². The van der Waals surface area contributed by atoms with E-state index >= 15 is 0 Å². The number of carbonyl (C=O) groups excluding carboxylic acids is 1. The van der Waals surface area contributed by atoms with Gasteiger partial charge in [-0.15, -0.1) is 0 Å². The second kappa shape index (κ2) is 7.22. The molecule has 5 rings (SSSR count). The fourth-order valence-electron chi connectivity index (χ4n) is 4.15. The molecule has 0 radical (unpaired) electrons. The third kappa shape index (κ3) is 3.40. The van der Waals surface area contributed by atoms with Crippen molar-refractivity contribution in [3.8, 4) is 0 Å². The van der Waals surface area contributed by atoms with Crippen molar-refractivity contribution in [3.05, 3.63) is 53.3 Å². The summed E-state index contributed by atoms with van der Waals surface area (Å²) in [5.41, 5.74) is 7.20. The van der Waals surface area contributed by atoms with Gasteiger partial charge in [0.1, 0.15) is 11.0 Å². The minimum absolute atomic E-state index is 0.0949. The molecule has 2 aromatic carbocycles. The average molecular weight is 406 g/mol. The molecule has 2 aromatic heterocycles. The summed E-state index contributed by atoms with van der Waals surface area (Å²) in [6.45, 7) is 6.82. The molecule has 148 valence electrons. The molecule has 1 aliphatic heterocycles. The Kier molecular flexibility index (Phi) is 4.54. The molecule has 7 heteroatoms. The number of hydrogen-bond donors (Lipinski definition) is 0. The summed E-state index contributed by atoms with van der Waals surface area (Å²) < 4.78 is 10.7. The van der Waals surface area contributed by atoms with Crippen LogP contribution in [0.3, 0.4) is 0 Å². The van der Waals surface area contributed by atoms with E-state index in [1.165, 1.54) is 28.4 Å². The Morgan fingerprint density at radius 2 is 1.79 bits per heavy atom. The summed E-state index contributed by atoms with van der Waals surface area (Å²) in [6, 6.07) is 10.00. The first-order valence-corrected chi connectivity index (χ1v) is 10.8. The van der Waals surface area contributed by atoms with Gasteiger partial charge in [-0.05, 0) is 74.1 Å². The lowest BCUT2D eigenvalue weighted by Crippen LogP contribution is -2.39. The second-order valence-corrected chi connectivity index (χ2v) is 8.55. The number of fused-ring (bicyclic) bond motifs is 2. The molecule has 6 nitrogen and oxygen atoms in total. The quantitative estimate of drug-likeness (QED) is 0.512. The highest BCUT2D eigenvalue weighted by Gasteiger charge is 2.24. The van der Waals surface area contributed by atoms with Gasteiger partial charge in [0.15, 0.2) is 0 Å². The fourth-order valence-corrected chi connectivity index (χ4v) is 4.67. The van der Waals surface area contributed by atoms with E-state index in [1.54, 1.807) is 0 Å². The summed E-state index contributed by atoms with van der Waals surface area (Å²) in [5.74, 6) is 0.654. The Hall–Kier alpha value is -2.80. The van der Waals surface area contributed by atoms with E-state index in [1.807, 2.05) is 29.4 Å². The van der Waals surface area contributed by atoms with Gasteiger partial charge in [-0.1, -0.05) is 0 Å². The molecule has 0 bridgehead atoms. The Bertz CT molecular complexity index is 1200.